The van der Waals surface area contributed by atoms with Crippen LogP contribution in [0.3, 0.4) is 0 Å². The molecule has 0 aromatic heterocycles. The molecule has 3 nitrogen and oxygen atoms in total. The minimum atomic E-state index is -4.64. The second-order valence-corrected chi connectivity index (χ2v) is 13.7. The van der Waals surface area contributed by atoms with Gasteiger partial charge in [0.2, 0.25) is 0 Å². The molecule has 264 valence electrons. The molecule has 0 amide bonds. The third kappa shape index (κ3) is 10.4. The van der Waals surface area contributed by atoms with Gasteiger partial charge in [-0.1, -0.05) is 88.9 Å². The Labute approximate surface area is 283 Å². The number of benzene rings is 2. The van der Waals surface area contributed by atoms with Gasteiger partial charge in [0, 0.05) is 41.0 Å². The lowest BCUT2D eigenvalue weighted by Gasteiger charge is -2.35. The van der Waals surface area contributed by atoms with Crippen LogP contribution >= 0.6 is 0 Å². The van der Waals surface area contributed by atoms with Gasteiger partial charge in [0.1, 0.15) is 5.82 Å². The van der Waals surface area contributed by atoms with Crippen LogP contribution in [-0.2, 0) is 12.6 Å². The Bertz CT molecular complexity index is 1550. The first-order chi connectivity index (χ1) is 22.0. The number of hydrogen-bond donors (Lipinski definition) is 2. The highest BCUT2D eigenvalue weighted by Crippen LogP contribution is 2.41. The van der Waals surface area contributed by atoms with E-state index < -0.39 is 29.0 Å². The zero-order valence-corrected chi connectivity index (χ0v) is 29.9. The van der Waals surface area contributed by atoms with Gasteiger partial charge in [0.05, 0.1) is 11.3 Å². The predicted octanol–water partition coefficient (Wildman–Crippen LogP) is 11.4. The molecule has 48 heavy (non-hydrogen) atoms. The number of hydrogen-bond acceptors (Lipinski definition) is 3. The van der Waals surface area contributed by atoms with Crippen molar-refractivity contribution in [2.75, 3.05) is 11.9 Å². The van der Waals surface area contributed by atoms with Crippen molar-refractivity contribution < 1.29 is 26.3 Å². The van der Waals surface area contributed by atoms with Crippen LogP contribution in [0.5, 0.6) is 0 Å². The van der Waals surface area contributed by atoms with E-state index in [1.54, 1.807) is 43.1 Å². The molecule has 0 radical (unpaired) electrons. The van der Waals surface area contributed by atoms with E-state index in [4.69, 9.17) is 0 Å². The fourth-order valence-electron chi connectivity index (χ4n) is 4.90. The molecule has 0 spiro atoms. The average Bonchev–Trinajstić information content (AvgIpc) is 3.00. The largest absolute Gasteiger partial charge is 0.416 e. The number of hydrazine groups is 1. The van der Waals surface area contributed by atoms with E-state index >= 15 is 0 Å². The van der Waals surface area contributed by atoms with Crippen molar-refractivity contribution in [3.05, 3.63) is 119 Å². The third-order valence-electron chi connectivity index (χ3n) is 9.08. The van der Waals surface area contributed by atoms with Crippen molar-refractivity contribution in [3.8, 4) is 0 Å². The first kappa shape index (κ1) is 40.5. The Hall–Kier alpha value is -3.72. The van der Waals surface area contributed by atoms with Crippen molar-refractivity contribution in [2.24, 2.45) is 11.3 Å². The number of rotatable bonds is 15. The molecule has 0 saturated carbocycles. The first-order valence-electron chi connectivity index (χ1n) is 16.0. The summed E-state index contributed by atoms with van der Waals surface area (Å²) in [4.78, 5) is 1.55. The maximum absolute atomic E-state index is 14.8. The summed E-state index contributed by atoms with van der Waals surface area (Å²) in [5, 5.41) is 0. The summed E-state index contributed by atoms with van der Waals surface area (Å²) in [5.41, 5.74) is 8.18. The van der Waals surface area contributed by atoms with Gasteiger partial charge in [-0.3, -0.25) is 0 Å². The molecule has 0 aliphatic rings. The lowest BCUT2D eigenvalue weighted by atomic mass is 9.76. The molecule has 0 aliphatic heterocycles. The first-order valence-corrected chi connectivity index (χ1v) is 16.0. The number of halogens is 6. The Morgan fingerprint density at radius 1 is 0.979 bits per heavy atom. The second kappa shape index (κ2) is 15.7. The summed E-state index contributed by atoms with van der Waals surface area (Å²) < 4.78 is 84.9. The molecule has 1 unspecified atom stereocenters. The van der Waals surface area contributed by atoms with Crippen molar-refractivity contribution in [2.45, 2.75) is 92.8 Å². The van der Waals surface area contributed by atoms with E-state index in [1.807, 2.05) is 41.5 Å². The average molecular weight is 676 g/mol. The summed E-state index contributed by atoms with van der Waals surface area (Å²) >= 11 is 0. The maximum atomic E-state index is 14.8. The number of likely N-dealkylation sites (N-methyl/N-ethyl adjacent to an activating group) is 1. The Kier molecular flexibility index (Phi) is 13.2. The number of alkyl halides is 5. The summed E-state index contributed by atoms with van der Waals surface area (Å²) in [6.45, 7) is 24.4. The van der Waals surface area contributed by atoms with E-state index in [1.165, 1.54) is 31.2 Å². The van der Waals surface area contributed by atoms with Gasteiger partial charge in [0.25, 0.3) is 5.92 Å². The highest BCUT2D eigenvalue weighted by molar-refractivity contribution is 5.84. The van der Waals surface area contributed by atoms with Crippen molar-refractivity contribution >= 4 is 11.3 Å². The highest BCUT2D eigenvalue weighted by Gasteiger charge is 2.33. The van der Waals surface area contributed by atoms with Gasteiger partial charge in [-0.2, -0.15) is 13.2 Å². The van der Waals surface area contributed by atoms with E-state index in [-0.39, 0.29) is 17.0 Å². The molecule has 2 aromatic carbocycles. The van der Waals surface area contributed by atoms with E-state index in [9.17, 15) is 26.3 Å². The van der Waals surface area contributed by atoms with Crippen molar-refractivity contribution in [1.29, 1.82) is 0 Å². The molecular weight excluding hydrogens is 624 g/mol. The molecule has 2 aromatic rings. The number of allylic oxidation sites excluding steroid dienone is 5. The quantitative estimate of drug-likeness (QED) is 0.112. The van der Waals surface area contributed by atoms with Gasteiger partial charge >= 0.3 is 6.18 Å². The van der Waals surface area contributed by atoms with Crippen molar-refractivity contribution in [3.63, 3.8) is 0 Å². The molecule has 2 N–H and O–H groups in total. The monoisotopic (exact) mass is 675 g/mol. The zero-order valence-electron chi connectivity index (χ0n) is 29.9. The van der Waals surface area contributed by atoms with Crippen LogP contribution in [0.15, 0.2) is 96.4 Å². The SMILES string of the molecule is C=C(NNC(C)(C)CC)/C(C(=C)N(C)c1cc(C(F)(F)F)ccc1C(/C=C\C(C)C(C)(F)F)=C/C)=C(/C)C(C)(C)Cc1ccccc1F. The molecule has 0 saturated heterocycles. The van der Waals surface area contributed by atoms with Crippen LogP contribution in [0.2, 0.25) is 0 Å². The minimum Gasteiger partial charge on any atom is -0.344 e. The third-order valence-corrected chi connectivity index (χ3v) is 9.08. The molecule has 0 fully saturated rings. The minimum absolute atomic E-state index is 0.162. The Morgan fingerprint density at radius 3 is 2.10 bits per heavy atom. The normalized spacial score (nSPS) is 14.5. The summed E-state index contributed by atoms with van der Waals surface area (Å²) in [6, 6.07) is 9.86. The van der Waals surface area contributed by atoms with E-state index in [2.05, 4.69) is 24.0 Å². The van der Waals surface area contributed by atoms with Crippen LogP contribution in [-0.4, -0.2) is 18.5 Å². The lowest BCUT2D eigenvalue weighted by Crippen LogP contribution is -2.47. The van der Waals surface area contributed by atoms with Gasteiger partial charge in [-0.05, 0) is 82.2 Å². The van der Waals surface area contributed by atoms with Crippen LogP contribution in [0.1, 0.15) is 85.4 Å². The summed E-state index contributed by atoms with van der Waals surface area (Å²) in [6.07, 6.45) is 0.977. The number of anilines is 1. The standard InChI is InChI=1S/C39H51F6N3/c1-13-29(20-19-25(3)38(11,41)42)32-22-21-31(39(43,44)45)23-34(32)48(12)28(6)35(27(5)46-47-37(9,10)14-2)26(4)36(7,8)24-30-17-15-16-18-33(30)40/h13,15-23,25,46-47H,5-6,14,24H2,1-4,7-12H3/b20-19-,29-13+,35-26+. The summed E-state index contributed by atoms with van der Waals surface area (Å²) in [5.74, 6) is -4.43. The molecule has 1 atom stereocenters. The number of nitrogens with one attached hydrogen (secondary N) is 2. The molecule has 9 heteroatoms. The van der Waals surface area contributed by atoms with Crippen LogP contribution in [0, 0.1) is 17.2 Å². The fraction of sp³-hybridized carbons (Fsp3) is 0.436. The molecule has 0 aliphatic carbocycles. The number of nitrogens with zero attached hydrogens (tertiary/aromatic N) is 1. The van der Waals surface area contributed by atoms with E-state index in [0.29, 0.717) is 40.1 Å². The Morgan fingerprint density at radius 2 is 1.58 bits per heavy atom. The van der Waals surface area contributed by atoms with E-state index in [0.717, 1.165) is 31.1 Å². The fourth-order valence-corrected chi connectivity index (χ4v) is 4.90. The lowest BCUT2D eigenvalue weighted by molar-refractivity contribution is -0.137. The molecule has 0 heterocycles. The molecular formula is C39H51F6N3. The van der Waals surface area contributed by atoms with Gasteiger partial charge in [-0.15, -0.1) is 0 Å². The topological polar surface area (TPSA) is 27.3 Å². The molecule has 0 bridgehead atoms. The molecule has 2 rings (SSSR count). The second-order valence-electron chi connectivity index (χ2n) is 13.7. The Balaban J connectivity index is 2.80. The maximum Gasteiger partial charge on any atom is 0.416 e. The van der Waals surface area contributed by atoms with Gasteiger partial charge < -0.3 is 10.3 Å². The van der Waals surface area contributed by atoms with Crippen LogP contribution < -0.4 is 15.8 Å². The van der Waals surface area contributed by atoms with Crippen molar-refractivity contribution in [1.82, 2.24) is 10.9 Å². The zero-order chi connectivity index (χ0) is 36.8. The van der Waals surface area contributed by atoms with Crippen LogP contribution in [0.25, 0.3) is 5.57 Å². The smallest absolute Gasteiger partial charge is 0.344 e. The van der Waals surface area contributed by atoms with Gasteiger partial charge in [0.15, 0.2) is 0 Å². The van der Waals surface area contributed by atoms with Gasteiger partial charge in [-0.25, -0.2) is 18.6 Å². The highest BCUT2D eigenvalue weighted by atomic mass is 19.4. The predicted molar refractivity (Wildman–Crippen MR) is 188 cm³/mol. The summed E-state index contributed by atoms with van der Waals surface area (Å²) in [7, 11) is 1.61. The van der Waals surface area contributed by atoms with Crippen LogP contribution in [0.4, 0.5) is 32.0 Å².